The molecular formula is C20H28F3N5O3. The van der Waals surface area contributed by atoms with E-state index in [1.54, 1.807) is 12.0 Å². The van der Waals surface area contributed by atoms with Gasteiger partial charge >= 0.3 is 6.18 Å². The Hall–Kier alpha value is -2.82. The first kappa shape index (κ1) is 24.4. The number of amidine groups is 1. The first-order valence-electron chi connectivity index (χ1n) is 9.87. The molecule has 0 aromatic heterocycles. The Labute approximate surface area is 179 Å². The van der Waals surface area contributed by atoms with Gasteiger partial charge in [-0.3, -0.25) is 5.41 Å². The number of ether oxygens (including phenoxy) is 2. The first-order valence-corrected chi connectivity index (χ1v) is 9.87. The van der Waals surface area contributed by atoms with Crippen LogP contribution in [0.3, 0.4) is 0 Å². The molecule has 0 unspecified atom stereocenters. The van der Waals surface area contributed by atoms with E-state index in [4.69, 9.17) is 25.5 Å². The van der Waals surface area contributed by atoms with Crippen molar-refractivity contribution in [3.05, 3.63) is 29.3 Å². The number of halogens is 3. The molecule has 0 radical (unpaired) electrons. The zero-order chi connectivity index (χ0) is 22.9. The second-order valence-electron chi connectivity index (χ2n) is 6.92. The maximum Gasteiger partial charge on any atom is 0.419 e. The van der Waals surface area contributed by atoms with Crippen LogP contribution in [-0.2, 0) is 15.8 Å². The molecular weight excluding hydrogens is 415 g/mol. The quantitative estimate of drug-likeness (QED) is 0.264. The molecule has 1 aromatic carbocycles. The van der Waals surface area contributed by atoms with E-state index >= 15 is 0 Å². The second kappa shape index (κ2) is 11.5. The molecule has 0 aliphatic carbocycles. The van der Waals surface area contributed by atoms with E-state index < -0.39 is 11.7 Å². The summed E-state index contributed by atoms with van der Waals surface area (Å²) >= 11 is 0. The predicted molar refractivity (Wildman–Crippen MR) is 112 cm³/mol. The molecule has 172 valence electrons. The van der Waals surface area contributed by atoms with Crippen LogP contribution in [0.15, 0.2) is 28.3 Å². The van der Waals surface area contributed by atoms with Gasteiger partial charge in [0.15, 0.2) is 11.8 Å². The average molecular weight is 443 g/mol. The van der Waals surface area contributed by atoms with E-state index in [1.165, 1.54) is 25.5 Å². The molecule has 31 heavy (non-hydrogen) atoms. The lowest BCUT2D eigenvalue weighted by atomic mass is 10.1. The van der Waals surface area contributed by atoms with Crippen LogP contribution >= 0.6 is 0 Å². The normalized spacial score (nSPS) is 17.4. The average Bonchev–Trinajstić information content (AvgIpc) is 3.19. The SMILES string of the molecule is COCCCCOc1ccc(C(=N/OC)/N=C/[C@@H]2CCCN2C(=N)N)cc1C(F)(F)F. The Bertz CT molecular complexity index is 799. The molecule has 11 heteroatoms. The fourth-order valence-corrected chi connectivity index (χ4v) is 3.19. The number of nitrogens with two attached hydrogens (primary N) is 1. The number of nitrogens with zero attached hydrogens (tertiary/aromatic N) is 3. The van der Waals surface area contributed by atoms with Crippen molar-refractivity contribution in [1.82, 2.24) is 4.90 Å². The van der Waals surface area contributed by atoms with Crippen molar-refractivity contribution in [2.45, 2.75) is 37.9 Å². The third-order valence-electron chi connectivity index (χ3n) is 4.70. The number of unbranched alkanes of at least 4 members (excludes halogenated alkanes) is 1. The maximum atomic E-state index is 13.6. The highest BCUT2D eigenvalue weighted by Crippen LogP contribution is 2.37. The summed E-state index contributed by atoms with van der Waals surface area (Å²) in [5, 5.41) is 11.4. The van der Waals surface area contributed by atoms with Crippen molar-refractivity contribution in [3.8, 4) is 5.75 Å². The Kier molecular flexibility index (Phi) is 9.10. The highest BCUT2D eigenvalue weighted by atomic mass is 19.4. The fraction of sp³-hybridized carbons (Fsp3) is 0.550. The van der Waals surface area contributed by atoms with Gasteiger partial charge in [-0.05, 0) is 43.9 Å². The van der Waals surface area contributed by atoms with Gasteiger partial charge in [0.25, 0.3) is 0 Å². The summed E-state index contributed by atoms with van der Waals surface area (Å²) in [6.45, 7) is 1.29. The van der Waals surface area contributed by atoms with Crippen molar-refractivity contribution in [2.24, 2.45) is 15.9 Å². The molecule has 1 heterocycles. The number of oxime groups is 1. The molecule has 2 rings (SSSR count). The number of aliphatic imine (C=N–C) groups is 1. The van der Waals surface area contributed by atoms with Gasteiger partial charge in [-0.15, -0.1) is 0 Å². The van der Waals surface area contributed by atoms with E-state index in [-0.39, 0.29) is 35.8 Å². The number of rotatable bonds is 9. The van der Waals surface area contributed by atoms with Crippen LogP contribution in [0.4, 0.5) is 13.2 Å². The smallest absolute Gasteiger partial charge is 0.419 e. The summed E-state index contributed by atoms with van der Waals surface area (Å²) < 4.78 is 51.2. The number of methoxy groups -OCH3 is 1. The van der Waals surface area contributed by atoms with Gasteiger partial charge in [-0.2, -0.15) is 13.2 Å². The topological polar surface area (TPSA) is 106 Å². The van der Waals surface area contributed by atoms with Crippen molar-refractivity contribution in [2.75, 3.05) is 34.0 Å². The Morgan fingerprint density at radius 1 is 1.29 bits per heavy atom. The van der Waals surface area contributed by atoms with E-state index in [9.17, 15) is 13.2 Å². The number of nitrogens with one attached hydrogen (secondary N) is 1. The lowest BCUT2D eigenvalue weighted by Gasteiger charge is -2.21. The van der Waals surface area contributed by atoms with Gasteiger partial charge in [-0.25, -0.2) is 4.99 Å². The summed E-state index contributed by atoms with van der Waals surface area (Å²) in [4.78, 5) is 10.7. The van der Waals surface area contributed by atoms with Gasteiger partial charge in [0.1, 0.15) is 12.9 Å². The number of alkyl halides is 3. The zero-order valence-corrected chi connectivity index (χ0v) is 17.6. The molecule has 1 fully saturated rings. The maximum absolute atomic E-state index is 13.6. The van der Waals surface area contributed by atoms with E-state index in [2.05, 4.69) is 10.1 Å². The van der Waals surface area contributed by atoms with Gasteiger partial charge in [0.2, 0.25) is 0 Å². The third-order valence-corrected chi connectivity index (χ3v) is 4.70. The van der Waals surface area contributed by atoms with Gasteiger partial charge in [-0.1, -0.05) is 5.16 Å². The minimum atomic E-state index is -4.61. The molecule has 1 aromatic rings. The van der Waals surface area contributed by atoms with Crippen LogP contribution in [-0.4, -0.2) is 62.9 Å². The number of benzene rings is 1. The molecule has 0 spiro atoms. The molecule has 1 saturated heterocycles. The van der Waals surface area contributed by atoms with Crippen molar-refractivity contribution in [3.63, 3.8) is 0 Å². The van der Waals surface area contributed by atoms with Crippen LogP contribution in [0.25, 0.3) is 0 Å². The number of hydrogen-bond acceptors (Lipinski definition) is 5. The highest BCUT2D eigenvalue weighted by Gasteiger charge is 2.35. The Balaban J connectivity index is 2.24. The summed E-state index contributed by atoms with van der Waals surface area (Å²) in [5.74, 6) is -0.353. The largest absolute Gasteiger partial charge is 0.493 e. The predicted octanol–water partition coefficient (Wildman–Crippen LogP) is 3.25. The van der Waals surface area contributed by atoms with Crippen LogP contribution in [0.5, 0.6) is 5.75 Å². The number of hydrogen-bond donors (Lipinski definition) is 2. The van der Waals surface area contributed by atoms with Crippen molar-refractivity contribution in [1.29, 1.82) is 5.41 Å². The summed E-state index contributed by atoms with van der Waals surface area (Å²) in [7, 11) is 2.85. The lowest BCUT2D eigenvalue weighted by molar-refractivity contribution is -0.139. The van der Waals surface area contributed by atoms with Crippen molar-refractivity contribution >= 4 is 18.0 Å². The number of likely N-dealkylation sites (tertiary alicyclic amines) is 1. The van der Waals surface area contributed by atoms with Crippen LogP contribution in [0.2, 0.25) is 0 Å². The first-order chi connectivity index (χ1) is 14.8. The molecule has 0 saturated carbocycles. The van der Waals surface area contributed by atoms with Crippen molar-refractivity contribution < 1.29 is 27.5 Å². The lowest BCUT2D eigenvalue weighted by Crippen LogP contribution is -2.40. The summed E-state index contributed by atoms with van der Waals surface area (Å²) in [6.07, 6.45) is -0.264. The highest BCUT2D eigenvalue weighted by molar-refractivity contribution is 6.03. The Morgan fingerprint density at radius 2 is 2.03 bits per heavy atom. The fourth-order valence-electron chi connectivity index (χ4n) is 3.19. The van der Waals surface area contributed by atoms with Gasteiger partial charge in [0.05, 0.1) is 18.2 Å². The third kappa shape index (κ3) is 7.12. The van der Waals surface area contributed by atoms with Gasteiger partial charge in [0, 0.05) is 32.0 Å². The number of guanidine groups is 1. The monoisotopic (exact) mass is 443 g/mol. The molecule has 1 atom stereocenters. The zero-order valence-electron chi connectivity index (χ0n) is 17.6. The minimum absolute atomic E-state index is 0.0185. The molecule has 8 nitrogen and oxygen atoms in total. The van der Waals surface area contributed by atoms with E-state index in [1.807, 2.05) is 0 Å². The van der Waals surface area contributed by atoms with Crippen LogP contribution in [0, 0.1) is 5.41 Å². The minimum Gasteiger partial charge on any atom is -0.493 e. The van der Waals surface area contributed by atoms with Gasteiger partial charge < -0.3 is 24.9 Å². The second-order valence-corrected chi connectivity index (χ2v) is 6.92. The van der Waals surface area contributed by atoms with E-state index in [0.29, 0.717) is 26.0 Å². The Morgan fingerprint density at radius 3 is 2.68 bits per heavy atom. The van der Waals surface area contributed by atoms with E-state index in [0.717, 1.165) is 18.9 Å². The molecule has 1 aliphatic rings. The standard InChI is InChI=1S/C20H28F3N5O3/c1-29-10-3-4-11-31-17-8-7-14(12-16(17)20(21,22)23)18(27-30-2)26-13-15-6-5-9-28(15)19(24)25/h7-8,12-13,15H,3-6,9-11H2,1-2H3,(H3,24,25)/b26-13+,27-18-/t15-/m0/s1. The summed E-state index contributed by atoms with van der Waals surface area (Å²) in [6, 6.07) is 3.42. The van der Waals surface area contributed by atoms with Crippen LogP contribution < -0.4 is 10.5 Å². The molecule has 1 aliphatic heterocycles. The molecule has 0 amide bonds. The summed E-state index contributed by atoms with van der Waals surface area (Å²) in [5.41, 5.74) is 4.78. The van der Waals surface area contributed by atoms with Crippen LogP contribution in [0.1, 0.15) is 36.8 Å². The molecule has 3 N–H and O–H groups in total. The molecule has 0 bridgehead atoms.